The second-order valence-electron chi connectivity index (χ2n) is 7.09. The van der Waals surface area contributed by atoms with Crippen LogP contribution in [0.25, 0.3) is 0 Å². The van der Waals surface area contributed by atoms with Crippen molar-refractivity contribution in [3.63, 3.8) is 0 Å². The summed E-state index contributed by atoms with van der Waals surface area (Å²) in [5, 5.41) is 3.00. The van der Waals surface area contributed by atoms with E-state index in [1.165, 1.54) is 23.8 Å². The van der Waals surface area contributed by atoms with Gasteiger partial charge in [0.25, 0.3) is 0 Å². The predicted molar refractivity (Wildman–Crippen MR) is 108 cm³/mol. The van der Waals surface area contributed by atoms with Crippen LogP contribution in [0.3, 0.4) is 0 Å². The number of hydrogen-bond donors (Lipinski definition) is 1. The van der Waals surface area contributed by atoms with Gasteiger partial charge in [-0.25, -0.2) is 12.8 Å². The Balaban J connectivity index is 1.91. The number of anilines is 1. The molecule has 0 bridgehead atoms. The Bertz CT molecular complexity index is 962. The van der Waals surface area contributed by atoms with Crippen molar-refractivity contribution in [2.45, 2.75) is 44.7 Å². The van der Waals surface area contributed by atoms with Crippen LogP contribution in [0.2, 0.25) is 0 Å². The summed E-state index contributed by atoms with van der Waals surface area (Å²) in [6.07, 6.45) is 3.91. The molecule has 0 aliphatic heterocycles. The van der Waals surface area contributed by atoms with Crippen LogP contribution in [0, 0.1) is 5.82 Å². The molecule has 1 N–H and O–H groups in total. The van der Waals surface area contributed by atoms with Gasteiger partial charge in [-0.1, -0.05) is 43.3 Å². The molecule has 0 aromatic heterocycles. The smallest absolute Gasteiger partial charge is 0.244 e. The lowest BCUT2D eigenvalue weighted by atomic mass is 9.87. The minimum absolute atomic E-state index is 0.115. The summed E-state index contributed by atoms with van der Waals surface area (Å²) >= 11 is 0. The summed E-state index contributed by atoms with van der Waals surface area (Å²) in [5.41, 5.74) is 2.14. The van der Waals surface area contributed by atoms with Crippen molar-refractivity contribution >= 4 is 21.6 Å². The van der Waals surface area contributed by atoms with Gasteiger partial charge in [0.15, 0.2) is 0 Å². The maximum Gasteiger partial charge on any atom is 0.244 e. The van der Waals surface area contributed by atoms with Crippen LogP contribution in [-0.2, 0) is 21.2 Å². The quantitative estimate of drug-likeness (QED) is 0.801. The third-order valence-electron chi connectivity index (χ3n) is 5.11. The molecule has 5 nitrogen and oxygen atoms in total. The molecule has 150 valence electrons. The monoisotopic (exact) mass is 404 g/mol. The molecular formula is C21H25FN2O3S. The van der Waals surface area contributed by atoms with Crippen molar-refractivity contribution in [1.29, 1.82) is 0 Å². The zero-order valence-electron chi connectivity index (χ0n) is 16.1. The first kappa shape index (κ1) is 20.3. The number of halogens is 1. The lowest BCUT2D eigenvalue weighted by Crippen LogP contribution is -2.50. The first-order chi connectivity index (χ1) is 13.3. The molecule has 3 rings (SSSR count). The van der Waals surface area contributed by atoms with Crippen molar-refractivity contribution in [1.82, 2.24) is 5.32 Å². The lowest BCUT2D eigenvalue weighted by Gasteiger charge is -2.33. The normalized spacial score (nSPS) is 17.5. The van der Waals surface area contributed by atoms with E-state index in [-0.39, 0.29) is 18.2 Å². The number of benzene rings is 2. The zero-order valence-corrected chi connectivity index (χ0v) is 16.9. The van der Waals surface area contributed by atoms with E-state index in [2.05, 4.69) is 5.32 Å². The second kappa shape index (κ2) is 8.31. The summed E-state index contributed by atoms with van der Waals surface area (Å²) in [4.78, 5) is 13.1. The van der Waals surface area contributed by atoms with E-state index < -0.39 is 27.8 Å². The maximum atomic E-state index is 14.3. The summed E-state index contributed by atoms with van der Waals surface area (Å²) in [7, 11) is -3.87. The Labute approximate surface area is 165 Å². The minimum Gasteiger partial charge on any atom is -0.347 e. The molecule has 0 spiro atoms. The average molecular weight is 405 g/mol. The summed E-state index contributed by atoms with van der Waals surface area (Å²) in [5.74, 6) is -1.10. The molecule has 0 saturated heterocycles. The number of nitrogens with zero attached hydrogens (tertiary/aromatic N) is 1. The predicted octanol–water partition coefficient (Wildman–Crippen LogP) is 3.56. The van der Waals surface area contributed by atoms with Gasteiger partial charge < -0.3 is 5.32 Å². The number of aryl methyl sites for hydroxylation is 1. The molecule has 0 fully saturated rings. The summed E-state index contributed by atoms with van der Waals surface area (Å²) < 4.78 is 40.2. The minimum atomic E-state index is -3.87. The molecule has 1 amide bonds. The highest BCUT2D eigenvalue weighted by Gasteiger charge is 2.34. The number of sulfonamides is 1. The van der Waals surface area contributed by atoms with E-state index >= 15 is 0 Å². The van der Waals surface area contributed by atoms with E-state index in [4.69, 9.17) is 0 Å². The molecule has 0 radical (unpaired) electrons. The fraction of sp³-hybridized carbons (Fsp3) is 0.381. The molecule has 0 saturated carbocycles. The number of fused-ring (bicyclic) bond motifs is 1. The van der Waals surface area contributed by atoms with Crippen LogP contribution in [0.5, 0.6) is 0 Å². The Morgan fingerprint density at radius 1 is 1.21 bits per heavy atom. The van der Waals surface area contributed by atoms with Crippen LogP contribution >= 0.6 is 0 Å². The van der Waals surface area contributed by atoms with Gasteiger partial charge in [-0.05, 0) is 48.9 Å². The van der Waals surface area contributed by atoms with Gasteiger partial charge in [-0.2, -0.15) is 0 Å². The molecular weight excluding hydrogens is 379 g/mol. The van der Waals surface area contributed by atoms with Gasteiger partial charge in [0, 0.05) is 0 Å². The fourth-order valence-electron chi connectivity index (χ4n) is 3.84. The Hall–Kier alpha value is -2.41. The third-order valence-corrected chi connectivity index (χ3v) is 6.27. The van der Waals surface area contributed by atoms with Crippen LogP contribution in [-0.4, -0.2) is 26.6 Å². The molecule has 7 heteroatoms. The highest BCUT2D eigenvalue weighted by molar-refractivity contribution is 7.92. The van der Waals surface area contributed by atoms with Crippen molar-refractivity contribution in [2.75, 3.05) is 10.6 Å². The van der Waals surface area contributed by atoms with Gasteiger partial charge in [-0.3, -0.25) is 9.10 Å². The highest BCUT2D eigenvalue weighted by Crippen LogP contribution is 2.31. The zero-order chi connectivity index (χ0) is 20.3. The van der Waals surface area contributed by atoms with Crippen LogP contribution in [0.1, 0.15) is 43.4 Å². The van der Waals surface area contributed by atoms with Gasteiger partial charge in [0.1, 0.15) is 11.9 Å². The first-order valence-electron chi connectivity index (χ1n) is 9.45. The number of rotatable bonds is 6. The van der Waals surface area contributed by atoms with Gasteiger partial charge in [0.2, 0.25) is 15.9 Å². The number of carbonyl (C=O) groups excluding carboxylic acids is 1. The average Bonchev–Trinajstić information content (AvgIpc) is 2.66. The number of para-hydroxylation sites is 1. The molecule has 1 aliphatic carbocycles. The van der Waals surface area contributed by atoms with Gasteiger partial charge >= 0.3 is 0 Å². The number of hydrogen-bond acceptors (Lipinski definition) is 3. The van der Waals surface area contributed by atoms with Crippen LogP contribution in [0.15, 0.2) is 48.5 Å². The molecule has 0 unspecified atom stereocenters. The molecule has 1 aliphatic rings. The van der Waals surface area contributed by atoms with E-state index in [0.29, 0.717) is 0 Å². The first-order valence-corrected chi connectivity index (χ1v) is 11.3. The summed E-state index contributed by atoms with van der Waals surface area (Å²) in [6.45, 7) is 1.72. The van der Waals surface area contributed by atoms with Gasteiger partial charge in [-0.15, -0.1) is 0 Å². The fourth-order valence-corrected chi connectivity index (χ4v) is 5.05. The molecule has 28 heavy (non-hydrogen) atoms. The van der Waals surface area contributed by atoms with Gasteiger partial charge in [0.05, 0.1) is 18.0 Å². The number of nitrogens with one attached hydrogen (secondary N) is 1. The van der Waals surface area contributed by atoms with E-state index in [0.717, 1.165) is 35.4 Å². The SMILES string of the molecule is CC[C@@H](C(=O)N[C@H]1CCCc2ccccc21)N(c1ccccc1F)S(C)(=O)=O. The summed E-state index contributed by atoms with van der Waals surface area (Å²) in [6, 6.07) is 12.4. The second-order valence-corrected chi connectivity index (χ2v) is 8.95. The van der Waals surface area contributed by atoms with Crippen molar-refractivity contribution in [3.8, 4) is 0 Å². The topological polar surface area (TPSA) is 66.5 Å². The van der Waals surface area contributed by atoms with Crippen molar-refractivity contribution in [2.24, 2.45) is 0 Å². The number of amides is 1. The highest BCUT2D eigenvalue weighted by atomic mass is 32.2. The number of carbonyl (C=O) groups is 1. The largest absolute Gasteiger partial charge is 0.347 e. The van der Waals surface area contributed by atoms with E-state index in [1.807, 2.05) is 24.3 Å². The lowest BCUT2D eigenvalue weighted by molar-refractivity contribution is -0.123. The van der Waals surface area contributed by atoms with Crippen LogP contribution in [0.4, 0.5) is 10.1 Å². The standard InChI is InChI=1S/C21H25FN2O3S/c1-3-19(24(28(2,26)27)20-14-7-6-12-17(20)22)21(25)23-18-13-8-10-15-9-4-5-11-16(15)18/h4-7,9,11-12,14,18-19H,3,8,10,13H2,1-2H3,(H,23,25)/t18-,19-/m0/s1. The Kier molecular flexibility index (Phi) is 6.03. The van der Waals surface area contributed by atoms with E-state index in [9.17, 15) is 17.6 Å². The third kappa shape index (κ3) is 4.19. The van der Waals surface area contributed by atoms with Crippen LogP contribution < -0.4 is 9.62 Å². The Morgan fingerprint density at radius 2 is 1.89 bits per heavy atom. The van der Waals surface area contributed by atoms with Crippen molar-refractivity contribution in [3.05, 3.63) is 65.5 Å². The van der Waals surface area contributed by atoms with Crippen molar-refractivity contribution < 1.29 is 17.6 Å². The Morgan fingerprint density at radius 3 is 2.57 bits per heavy atom. The molecule has 2 aromatic rings. The molecule has 0 heterocycles. The maximum absolute atomic E-state index is 14.3. The van der Waals surface area contributed by atoms with E-state index in [1.54, 1.807) is 13.0 Å². The molecule has 2 aromatic carbocycles. The molecule has 2 atom stereocenters.